The van der Waals surface area contributed by atoms with Crippen LogP contribution in [0.3, 0.4) is 0 Å². The second-order valence-electron chi connectivity index (χ2n) is 5.79. The zero-order valence-electron chi connectivity index (χ0n) is 13.1. The Labute approximate surface area is 131 Å². The van der Waals surface area contributed by atoms with Crippen molar-refractivity contribution >= 4 is 5.91 Å². The second kappa shape index (κ2) is 6.28. The summed E-state index contributed by atoms with van der Waals surface area (Å²) in [4.78, 5) is 21.4. The van der Waals surface area contributed by atoms with Gasteiger partial charge in [-0.3, -0.25) is 9.78 Å². The van der Waals surface area contributed by atoms with E-state index in [1.54, 1.807) is 0 Å². The van der Waals surface area contributed by atoms with E-state index >= 15 is 0 Å². The van der Waals surface area contributed by atoms with Gasteiger partial charge in [-0.2, -0.15) is 0 Å². The van der Waals surface area contributed by atoms with E-state index in [4.69, 9.17) is 0 Å². The van der Waals surface area contributed by atoms with Crippen molar-refractivity contribution in [1.29, 1.82) is 0 Å². The molecule has 0 radical (unpaired) electrons. The van der Waals surface area contributed by atoms with Crippen molar-refractivity contribution in [1.82, 2.24) is 14.8 Å². The van der Waals surface area contributed by atoms with Crippen LogP contribution in [0.2, 0.25) is 0 Å². The summed E-state index contributed by atoms with van der Waals surface area (Å²) in [5, 5.41) is 0. The summed E-state index contributed by atoms with van der Waals surface area (Å²) in [6.45, 7) is 5.35. The highest BCUT2D eigenvalue weighted by Crippen LogP contribution is 2.19. The molecule has 0 saturated carbocycles. The van der Waals surface area contributed by atoms with Crippen molar-refractivity contribution in [2.24, 2.45) is 0 Å². The Bertz CT molecular complexity index is 661. The van der Waals surface area contributed by atoms with Gasteiger partial charge in [0.2, 0.25) is 0 Å². The number of aryl methyl sites for hydroxylation is 1. The van der Waals surface area contributed by atoms with Gasteiger partial charge in [0.15, 0.2) is 0 Å². The molecule has 1 aromatic heterocycles. The number of hydrogen-bond acceptors (Lipinski definition) is 3. The largest absolute Gasteiger partial charge is 0.336 e. The first-order chi connectivity index (χ1) is 10.6. The molecule has 114 valence electrons. The summed E-state index contributed by atoms with van der Waals surface area (Å²) in [5.41, 5.74) is 3.49. The Hall–Kier alpha value is -2.20. The molecule has 22 heavy (non-hydrogen) atoms. The summed E-state index contributed by atoms with van der Waals surface area (Å²) < 4.78 is 0. The molecule has 1 aliphatic heterocycles. The number of carbonyl (C=O) groups excluding carboxylic acids is 1. The van der Waals surface area contributed by atoms with Gasteiger partial charge in [0.05, 0.1) is 17.0 Å². The Balaban J connectivity index is 1.82. The third-order valence-electron chi connectivity index (χ3n) is 4.18. The van der Waals surface area contributed by atoms with E-state index in [1.807, 2.05) is 54.3 Å². The third-order valence-corrected chi connectivity index (χ3v) is 4.18. The van der Waals surface area contributed by atoms with Crippen molar-refractivity contribution in [3.05, 3.63) is 53.7 Å². The van der Waals surface area contributed by atoms with Gasteiger partial charge < -0.3 is 9.80 Å². The summed E-state index contributed by atoms with van der Waals surface area (Å²) in [7, 11) is 2.09. The number of likely N-dealkylation sites (N-methyl/N-ethyl adjacent to an activating group) is 1. The zero-order chi connectivity index (χ0) is 15.5. The van der Waals surface area contributed by atoms with E-state index in [1.165, 1.54) is 0 Å². The molecule has 4 nitrogen and oxygen atoms in total. The van der Waals surface area contributed by atoms with Crippen LogP contribution in [0.4, 0.5) is 0 Å². The first-order valence-electron chi connectivity index (χ1n) is 7.66. The molecule has 1 aliphatic rings. The molecule has 3 rings (SSSR count). The third kappa shape index (κ3) is 3.02. The zero-order valence-corrected chi connectivity index (χ0v) is 13.1. The van der Waals surface area contributed by atoms with E-state index in [2.05, 4.69) is 16.9 Å². The Kier molecular flexibility index (Phi) is 4.20. The minimum Gasteiger partial charge on any atom is -0.336 e. The molecule has 1 saturated heterocycles. The van der Waals surface area contributed by atoms with Crippen LogP contribution in [-0.2, 0) is 0 Å². The van der Waals surface area contributed by atoms with E-state index in [0.29, 0.717) is 5.56 Å². The van der Waals surface area contributed by atoms with E-state index in [-0.39, 0.29) is 5.91 Å². The summed E-state index contributed by atoms with van der Waals surface area (Å²) in [5.74, 6) is 0.0951. The predicted octanol–water partition coefficient (Wildman–Crippen LogP) is 2.44. The van der Waals surface area contributed by atoms with Gasteiger partial charge >= 0.3 is 0 Å². The van der Waals surface area contributed by atoms with Crippen molar-refractivity contribution in [2.45, 2.75) is 6.92 Å². The van der Waals surface area contributed by atoms with Gasteiger partial charge in [-0.05, 0) is 26.1 Å². The number of benzene rings is 1. The standard InChI is InChI=1S/C18H21N3O/c1-14-16(18(22)21-12-10-20(2)11-13-21)8-9-17(19-14)15-6-4-3-5-7-15/h3-9H,10-13H2,1-2H3. The highest BCUT2D eigenvalue weighted by molar-refractivity contribution is 5.95. The smallest absolute Gasteiger partial charge is 0.255 e. The molecule has 1 fully saturated rings. The highest BCUT2D eigenvalue weighted by Gasteiger charge is 2.22. The van der Waals surface area contributed by atoms with Crippen molar-refractivity contribution in [3.8, 4) is 11.3 Å². The van der Waals surface area contributed by atoms with Gasteiger partial charge in [0.25, 0.3) is 5.91 Å². The maximum Gasteiger partial charge on any atom is 0.255 e. The molecule has 1 aromatic carbocycles. The lowest BCUT2D eigenvalue weighted by atomic mass is 10.1. The Morgan fingerprint density at radius 2 is 1.68 bits per heavy atom. The van der Waals surface area contributed by atoms with Crippen LogP contribution in [0.15, 0.2) is 42.5 Å². The number of carbonyl (C=O) groups is 1. The lowest BCUT2D eigenvalue weighted by molar-refractivity contribution is 0.0663. The van der Waals surface area contributed by atoms with Gasteiger partial charge in [-0.15, -0.1) is 0 Å². The van der Waals surface area contributed by atoms with Crippen LogP contribution in [0.5, 0.6) is 0 Å². The molecule has 4 heteroatoms. The molecular formula is C18H21N3O. The lowest BCUT2D eigenvalue weighted by Gasteiger charge is -2.32. The first-order valence-corrected chi connectivity index (χ1v) is 7.66. The maximum absolute atomic E-state index is 12.6. The molecule has 0 bridgehead atoms. The molecule has 0 atom stereocenters. The number of nitrogens with zero attached hydrogens (tertiary/aromatic N) is 3. The van der Waals surface area contributed by atoms with Crippen LogP contribution in [0, 0.1) is 6.92 Å². The van der Waals surface area contributed by atoms with Crippen LogP contribution in [-0.4, -0.2) is 53.9 Å². The SMILES string of the molecule is Cc1nc(-c2ccccc2)ccc1C(=O)N1CCN(C)CC1. The number of aromatic nitrogens is 1. The van der Waals surface area contributed by atoms with Crippen LogP contribution >= 0.6 is 0 Å². The second-order valence-corrected chi connectivity index (χ2v) is 5.79. The number of rotatable bonds is 2. The average molecular weight is 295 g/mol. The topological polar surface area (TPSA) is 36.4 Å². The van der Waals surface area contributed by atoms with E-state index in [9.17, 15) is 4.79 Å². The average Bonchev–Trinajstić information content (AvgIpc) is 2.56. The molecule has 0 aliphatic carbocycles. The Morgan fingerprint density at radius 3 is 2.32 bits per heavy atom. The normalized spacial score (nSPS) is 15.8. The summed E-state index contributed by atoms with van der Waals surface area (Å²) in [6.07, 6.45) is 0. The Morgan fingerprint density at radius 1 is 1.00 bits per heavy atom. The van der Waals surface area contributed by atoms with Gasteiger partial charge in [-0.25, -0.2) is 0 Å². The molecular weight excluding hydrogens is 274 g/mol. The van der Waals surface area contributed by atoms with Crippen molar-refractivity contribution in [3.63, 3.8) is 0 Å². The van der Waals surface area contributed by atoms with Gasteiger partial charge in [0, 0.05) is 31.7 Å². The van der Waals surface area contributed by atoms with E-state index in [0.717, 1.165) is 43.1 Å². The first kappa shape index (κ1) is 14.7. The quantitative estimate of drug-likeness (QED) is 0.854. The fourth-order valence-electron chi connectivity index (χ4n) is 2.74. The monoisotopic (exact) mass is 295 g/mol. The summed E-state index contributed by atoms with van der Waals surface area (Å²) in [6, 6.07) is 13.9. The minimum absolute atomic E-state index is 0.0951. The van der Waals surface area contributed by atoms with Crippen LogP contribution < -0.4 is 0 Å². The predicted molar refractivity (Wildman–Crippen MR) is 87.8 cm³/mol. The fourth-order valence-corrected chi connectivity index (χ4v) is 2.74. The molecule has 0 N–H and O–H groups in total. The van der Waals surface area contributed by atoms with Crippen molar-refractivity contribution in [2.75, 3.05) is 33.2 Å². The van der Waals surface area contributed by atoms with Crippen molar-refractivity contribution < 1.29 is 4.79 Å². The molecule has 2 aromatic rings. The number of pyridine rings is 1. The van der Waals surface area contributed by atoms with Gasteiger partial charge in [-0.1, -0.05) is 30.3 Å². The summed E-state index contributed by atoms with van der Waals surface area (Å²) >= 11 is 0. The maximum atomic E-state index is 12.6. The number of amides is 1. The fraction of sp³-hybridized carbons (Fsp3) is 0.333. The lowest BCUT2D eigenvalue weighted by Crippen LogP contribution is -2.47. The van der Waals surface area contributed by atoms with Crippen LogP contribution in [0.25, 0.3) is 11.3 Å². The number of piperazine rings is 1. The number of hydrogen-bond donors (Lipinski definition) is 0. The van der Waals surface area contributed by atoms with Gasteiger partial charge in [0.1, 0.15) is 0 Å². The highest BCUT2D eigenvalue weighted by atomic mass is 16.2. The molecule has 1 amide bonds. The minimum atomic E-state index is 0.0951. The molecule has 0 unspecified atom stereocenters. The van der Waals surface area contributed by atoms with E-state index < -0.39 is 0 Å². The van der Waals surface area contributed by atoms with Crippen LogP contribution in [0.1, 0.15) is 16.1 Å². The molecule has 0 spiro atoms. The molecule has 2 heterocycles.